The lowest BCUT2D eigenvalue weighted by atomic mass is 9.69. The maximum Gasteiger partial charge on any atom is 0.222 e. The van der Waals surface area contributed by atoms with E-state index in [1.54, 1.807) is 14.2 Å². The Bertz CT molecular complexity index is 619. The molecule has 2 fully saturated rings. The first-order valence-electron chi connectivity index (χ1n) is 10.3. The van der Waals surface area contributed by atoms with Gasteiger partial charge in [0.05, 0.1) is 26.7 Å². The van der Waals surface area contributed by atoms with Crippen LogP contribution in [0.25, 0.3) is 0 Å². The van der Waals surface area contributed by atoms with Gasteiger partial charge in [-0.15, -0.1) is 0 Å². The zero-order valence-electron chi connectivity index (χ0n) is 16.7. The number of nitrogens with one attached hydrogen (secondary N) is 1. The number of carbonyl (C=O) groups excluding carboxylic acids is 1. The molecule has 27 heavy (non-hydrogen) atoms. The second kappa shape index (κ2) is 9.45. The van der Waals surface area contributed by atoms with Crippen LogP contribution in [0.1, 0.15) is 63.4 Å². The Morgan fingerprint density at radius 3 is 2.56 bits per heavy atom. The molecule has 1 N–H and O–H groups in total. The number of amides is 1. The SMILES string of the molecule is COc1ccc(C2(CNC(=O)CC3CCCCO3)CCCCC2)cc1OC. The van der Waals surface area contributed by atoms with E-state index < -0.39 is 0 Å². The summed E-state index contributed by atoms with van der Waals surface area (Å²) in [6, 6.07) is 6.19. The van der Waals surface area contributed by atoms with Crippen molar-refractivity contribution in [2.24, 2.45) is 0 Å². The van der Waals surface area contributed by atoms with Gasteiger partial charge in [-0.25, -0.2) is 0 Å². The Kier molecular flexibility index (Phi) is 7.00. The number of ether oxygens (including phenoxy) is 3. The highest BCUT2D eigenvalue weighted by Gasteiger charge is 2.35. The topological polar surface area (TPSA) is 56.8 Å². The van der Waals surface area contributed by atoms with Crippen molar-refractivity contribution in [3.63, 3.8) is 0 Å². The van der Waals surface area contributed by atoms with Crippen LogP contribution in [0, 0.1) is 0 Å². The molecule has 5 heteroatoms. The van der Waals surface area contributed by atoms with E-state index in [4.69, 9.17) is 14.2 Å². The standard InChI is InChI=1S/C22H33NO4/c1-25-19-10-9-17(14-20(19)26-2)22(11-5-3-6-12-22)16-23-21(24)15-18-8-4-7-13-27-18/h9-10,14,18H,3-8,11-13,15-16H2,1-2H3,(H,23,24). The van der Waals surface area contributed by atoms with Gasteiger partial charge >= 0.3 is 0 Å². The predicted octanol–water partition coefficient (Wildman–Crippen LogP) is 3.98. The summed E-state index contributed by atoms with van der Waals surface area (Å²) in [4.78, 5) is 12.5. The second-order valence-corrected chi connectivity index (χ2v) is 7.88. The van der Waals surface area contributed by atoms with Crippen LogP contribution in [0.2, 0.25) is 0 Å². The maximum atomic E-state index is 12.5. The fourth-order valence-corrected chi connectivity index (χ4v) is 4.48. The van der Waals surface area contributed by atoms with E-state index in [-0.39, 0.29) is 17.4 Å². The smallest absolute Gasteiger partial charge is 0.222 e. The molecule has 1 aromatic rings. The molecule has 0 radical (unpaired) electrons. The molecule has 150 valence electrons. The molecule has 0 bridgehead atoms. The maximum absolute atomic E-state index is 12.5. The van der Waals surface area contributed by atoms with Crippen LogP contribution < -0.4 is 14.8 Å². The van der Waals surface area contributed by atoms with E-state index in [2.05, 4.69) is 17.4 Å². The van der Waals surface area contributed by atoms with Gasteiger partial charge in [0.25, 0.3) is 0 Å². The Balaban J connectivity index is 1.70. The number of benzene rings is 1. The predicted molar refractivity (Wildman–Crippen MR) is 106 cm³/mol. The first kappa shape index (κ1) is 20.0. The summed E-state index contributed by atoms with van der Waals surface area (Å²) in [5, 5.41) is 3.21. The van der Waals surface area contributed by atoms with Crippen molar-refractivity contribution in [1.29, 1.82) is 0 Å². The molecule has 1 atom stereocenters. The molecule has 1 saturated heterocycles. The first-order valence-corrected chi connectivity index (χ1v) is 10.3. The molecular weight excluding hydrogens is 342 g/mol. The first-order chi connectivity index (χ1) is 13.2. The summed E-state index contributed by atoms with van der Waals surface area (Å²) >= 11 is 0. The molecule has 0 aromatic heterocycles. The molecule has 1 saturated carbocycles. The van der Waals surface area contributed by atoms with E-state index in [0.29, 0.717) is 13.0 Å². The van der Waals surface area contributed by atoms with Gasteiger partial charge in [0.2, 0.25) is 5.91 Å². The van der Waals surface area contributed by atoms with E-state index in [0.717, 1.165) is 50.2 Å². The number of hydrogen-bond acceptors (Lipinski definition) is 4. The summed E-state index contributed by atoms with van der Waals surface area (Å²) in [5.41, 5.74) is 1.20. The van der Waals surface area contributed by atoms with Crippen LogP contribution >= 0.6 is 0 Å². The van der Waals surface area contributed by atoms with Gasteiger partial charge in [0.1, 0.15) is 0 Å². The van der Waals surface area contributed by atoms with Crippen molar-refractivity contribution >= 4 is 5.91 Å². The molecule has 3 rings (SSSR count). The van der Waals surface area contributed by atoms with Crippen molar-refractivity contribution in [3.05, 3.63) is 23.8 Å². The normalized spacial score (nSPS) is 22.1. The van der Waals surface area contributed by atoms with E-state index in [1.165, 1.54) is 24.8 Å². The highest BCUT2D eigenvalue weighted by molar-refractivity contribution is 5.76. The van der Waals surface area contributed by atoms with Crippen LogP contribution in [0.5, 0.6) is 11.5 Å². The van der Waals surface area contributed by atoms with Gasteiger partial charge < -0.3 is 19.5 Å². The molecule has 1 amide bonds. The molecule has 0 spiro atoms. The van der Waals surface area contributed by atoms with E-state index in [1.807, 2.05) is 6.07 Å². The average molecular weight is 376 g/mol. The van der Waals surface area contributed by atoms with Crippen molar-refractivity contribution < 1.29 is 19.0 Å². The average Bonchev–Trinajstić information content (AvgIpc) is 2.73. The Morgan fingerprint density at radius 2 is 1.89 bits per heavy atom. The lowest BCUT2D eigenvalue weighted by molar-refractivity contribution is -0.125. The van der Waals surface area contributed by atoms with Gasteiger partial charge in [0.15, 0.2) is 11.5 Å². The van der Waals surface area contributed by atoms with Crippen molar-refractivity contribution in [1.82, 2.24) is 5.32 Å². The fourth-order valence-electron chi connectivity index (χ4n) is 4.48. The number of rotatable bonds is 7. The van der Waals surface area contributed by atoms with Crippen LogP contribution in [-0.2, 0) is 14.9 Å². The highest BCUT2D eigenvalue weighted by Crippen LogP contribution is 2.42. The number of carbonyl (C=O) groups is 1. The van der Waals surface area contributed by atoms with Crippen molar-refractivity contribution in [2.75, 3.05) is 27.4 Å². The number of methoxy groups -OCH3 is 2. The summed E-state index contributed by atoms with van der Waals surface area (Å²) < 4.78 is 16.6. The van der Waals surface area contributed by atoms with Gasteiger partial charge in [0, 0.05) is 18.6 Å². The van der Waals surface area contributed by atoms with Gasteiger partial charge in [-0.1, -0.05) is 25.3 Å². The summed E-state index contributed by atoms with van der Waals surface area (Å²) in [5.74, 6) is 1.60. The van der Waals surface area contributed by atoms with Crippen LogP contribution in [0.4, 0.5) is 0 Å². The third-order valence-electron chi connectivity index (χ3n) is 6.12. The molecule has 1 aliphatic carbocycles. The largest absolute Gasteiger partial charge is 0.493 e. The minimum absolute atomic E-state index is 0.0269. The Morgan fingerprint density at radius 1 is 1.11 bits per heavy atom. The molecule has 1 heterocycles. The van der Waals surface area contributed by atoms with E-state index >= 15 is 0 Å². The summed E-state index contributed by atoms with van der Waals surface area (Å²) in [6.07, 6.45) is 9.64. The molecular formula is C22H33NO4. The fraction of sp³-hybridized carbons (Fsp3) is 0.682. The molecule has 1 aromatic carbocycles. The minimum atomic E-state index is -0.0269. The van der Waals surface area contributed by atoms with Gasteiger partial charge in [-0.3, -0.25) is 4.79 Å². The quantitative estimate of drug-likeness (QED) is 0.783. The third kappa shape index (κ3) is 4.95. The molecule has 1 aliphatic heterocycles. The third-order valence-corrected chi connectivity index (χ3v) is 6.12. The lowest BCUT2D eigenvalue weighted by Gasteiger charge is -2.38. The van der Waals surface area contributed by atoms with E-state index in [9.17, 15) is 4.79 Å². The summed E-state index contributed by atoms with van der Waals surface area (Å²) in [6.45, 7) is 1.46. The van der Waals surface area contributed by atoms with Crippen LogP contribution in [0.15, 0.2) is 18.2 Å². The zero-order chi connectivity index (χ0) is 19.1. The van der Waals surface area contributed by atoms with Crippen LogP contribution in [0.3, 0.4) is 0 Å². The monoisotopic (exact) mass is 375 g/mol. The van der Waals surface area contributed by atoms with Crippen molar-refractivity contribution in [3.8, 4) is 11.5 Å². The molecule has 5 nitrogen and oxygen atoms in total. The zero-order valence-corrected chi connectivity index (χ0v) is 16.7. The second-order valence-electron chi connectivity index (χ2n) is 7.88. The Hall–Kier alpha value is -1.75. The minimum Gasteiger partial charge on any atom is -0.493 e. The Labute approximate surface area is 162 Å². The lowest BCUT2D eigenvalue weighted by Crippen LogP contribution is -2.43. The van der Waals surface area contributed by atoms with Crippen molar-refractivity contribution in [2.45, 2.75) is 69.3 Å². The number of hydrogen-bond donors (Lipinski definition) is 1. The highest BCUT2D eigenvalue weighted by atomic mass is 16.5. The van der Waals surface area contributed by atoms with Gasteiger partial charge in [-0.05, 0) is 49.8 Å². The summed E-state index contributed by atoms with van der Waals surface area (Å²) in [7, 11) is 3.32. The molecule has 2 aliphatic rings. The van der Waals surface area contributed by atoms with Gasteiger partial charge in [-0.2, -0.15) is 0 Å². The molecule has 1 unspecified atom stereocenters. The van der Waals surface area contributed by atoms with Crippen LogP contribution in [-0.4, -0.2) is 39.4 Å².